The first-order valence-corrected chi connectivity index (χ1v) is 13.7. The summed E-state index contributed by atoms with van der Waals surface area (Å²) in [6.45, 7) is 1.07. The number of phosphoric acid groups is 3. The van der Waals surface area contributed by atoms with Crippen molar-refractivity contribution in [3.05, 3.63) is 32.6 Å². The van der Waals surface area contributed by atoms with Gasteiger partial charge in [0.2, 0.25) is 0 Å². The molecule has 1 aliphatic heterocycles. The summed E-state index contributed by atoms with van der Waals surface area (Å²) < 4.78 is 65.2. The normalized spacial score (nSPS) is 29.0. The van der Waals surface area contributed by atoms with Crippen LogP contribution in [0, 0.1) is 18.8 Å². The van der Waals surface area contributed by atoms with Crippen molar-refractivity contribution in [2.75, 3.05) is 6.67 Å². The predicted molar refractivity (Wildman–Crippen MR) is 111 cm³/mol. The number of rotatable bonds is 8. The smallest absolute Gasteiger partial charge is 0.387 e. The lowest BCUT2D eigenvalue weighted by Crippen LogP contribution is -2.56. The summed E-state index contributed by atoms with van der Waals surface area (Å²) in [5.41, 5.74) is 2.02. The number of aryl methyl sites for hydroxylation is 1. The van der Waals surface area contributed by atoms with Gasteiger partial charge in [0, 0.05) is 11.8 Å². The number of H-pyrrole nitrogens is 1. The lowest BCUT2D eigenvalue weighted by molar-refractivity contribution is -0.0760. The number of hydrogen-bond donors (Lipinski definition) is 7. The van der Waals surface area contributed by atoms with Gasteiger partial charge in [-0.25, -0.2) is 22.9 Å². The molecule has 198 valence electrons. The fourth-order valence-corrected chi connectivity index (χ4v) is 6.40. The van der Waals surface area contributed by atoms with Gasteiger partial charge in [0.1, 0.15) is 18.9 Å². The van der Waals surface area contributed by atoms with Crippen molar-refractivity contribution >= 4 is 23.5 Å². The zero-order valence-electron chi connectivity index (χ0n) is 17.7. The van der Waals surface area contributed by atoms with Crippen molar-refractivity contribution < 1.29 is 60.6 Å². The fraction of sp³-hybridized carbons (Fsp3) is 0.571. The van der Waals surface area contributed by atoms with E-state index in [-0.39, 0.29) is 5.69 Å². The van der Waals surface area contributed by atoms with Gasteiger partial charge in [0.05, 0.1) is 6.10 Å². The largest absolute Gasteiger partial charge is 0.490 e. The first kappa shape index (κ1) is 29.7. The maximum atomic E-state index is 12.7. The second-order valence-electron chi connectivity index (χ2n) is 7.12. The monoisotopic (exact) mass is 567 g/mol. The van der Waals surface area contributed by atoms with Crippen LogP contribution >= 0.6 is 23.5 Å². The molecule has 1 aromatic heterocycles. The van der Waals surface area contributed by atoms with Gasteiger partial charge < -0.3 is 35.2 Å². The molecule has 1 aliphatic rings. The summed E-state index contributed by atoms with van der Waals surface area (Å²) in [7, 11) is -17.1. The Balaban J connectivity index is 2.40. The van der Waals surface area contributed by atoms with Gasteiger partial charge >= 0.3 is 29.2 Å². The topological polar surface area (TPSA) is 270 Å². The Kier molecular flexibility index (Phi) is 8.86. The van der Waals surface area contributed by atoms with Gasteiger partial charge in [0.15, 0.2) is 11.8 Å². The minimum Gasteiger partial charge on any atom is -0.387 e. The van der Waals surface area contributed by atoms with Crippen LogP contribution in [-0.2, 0) is 31.6 Å². The van der Waals surface area contributed by atoms with Crippen LogP contribution in [0.4, 0.5) is 4.39 Å². The molecule has 8 N–H and O–H groups in total. The van der Waals surface area contributed by atoms with Gasteiger partial charge in [-0.2, -0.15) is 8.62 Å². The predicted octanol–water partition coefficient (Wildman–Crippen LogP) is -1.49. The molecule has 4 unspecified atom stereocenters. The van der Waals surface area contributed by atoms with Crippen molar-refractivity contribution in [3.8, 4) is 11.8 Å². The van der Waals surface area contributed by atoms with Gasteiger partial charge in [0.25, 0.3) is 5.56 Å². The second-order valence-corrected chi connectivity index (χ2v) is 11.5. The van der Waals surface area contributed by atoms with E-state index in [1.165, 1.54) is 6.92 Å². The van der Waals surface area contributed by atoms with Crippen molar-refractivity contribution in [2.24, 2.45) is 5.73 Å². The Morgan fingerprint density at radius 1 is 1.26 bits per heavy atom. The average Bonchev–Trinajstić information content (AvgIpc) is 2.88. The van der Waals surface area contributed by atoms with Crippen LogP contribution in [0.1, 0.15) is 18.8 Å². The Morgan fingerprint density at radius 2 is 1.86 bits per heavy atom. The number of nitrogens with zero attached hydrogens (tertiary/aromatic N) is 1. The molecule has 21 heteroatoms. The minimum absolute atomic E-state index is 0.0194. The highest BCUT2D eigenvalue weighted by molar-refractivity contribution is 7.66. The molecular formula is C14H21FN3O14P3. The molecule has 0 aromatic carbocycles. The fourth-order valence-electron chi connectivity index (χ4n) is 3.20. The molecule has 2 heterocycles. The minimum atomic E-state index is -5.83. The van der Waals surface area contributed by atoms with E-state index in [0.29, 0.717) is 0 Å². The molecule has 0 radical (unpaired) electrons. The maximum absolute atomic E-state index is 12.7. The average molecular weight is 567 g/mol. The number of nitrogens with one attached hydrogen (secondary N) is 1. The van der Waals surface area contributed by atoms with Crippen molar-refractivity contribution in [2.45, 2.75) is 43.9 Å². The van der Waals surface area contributed by atoms with Gasteiger partial charge in [-0.3, -0.25) is 18.9 Å². The van der Waals surface area contributed by atoms with Gasteiger partial charge in [-0.1, -0.05) is 11.8 Å². The number of ether oxygens (including phenoxy) is 1. The first-order chi connectivity index (χ1) is 15.8. The molecule has 0 saturated carbocycles. The van der Waals surface area contributed by atoms with Crippen LogP contribution in [0.5, 0.6) is 0 Å². The lowest BCUT2D eigenvalue weighted by atomic mass is 9.90. The van der Waals surface area contributed by atoms with E-state index in [4.69, 9.17) is 20.3 Å². The number of hydrogen-bond acceptors (Lipinski definition) is 11. The van der Waals surface area contributed by atoms with Crippen molar-refractivity contribution in [1.82, 2.24) is 9.55 Å². The number of nitrogens with two attached hydrogens (primary N) is 1. The lowest BCUT2D eigenvalue weighted by Gasteiger charge is -2.29. The van der Waals surface area contributed by atoms with E-state index in [0.717, 1.165) is 17.6 Å². The Labute approximate surface area is 195 Å². The number of aromatic amines is 1. The molecule has 1 aromatic rings. The summed E-state index contributed by atoms with van der Waals surface area (Å²) in [5, 5.41) is 10.8. The molecule has 35 heavy (non-hydrogen) atoms. The van der Waals surface area contributed by atoms with E-state index in [1.54, 1.807) is 0 Å². The number of alkyl halides is 1. The van der Waals surface area contributed by atoms with Crippen LogP contribution < -0.4 is 17.0 Å². The molecule has 7 atom stereocenters. The van der Waals surface area contributed by atoms with Crippen molar-refractivity contribution in [1.29, 1.82) is 0 Å². The van der Waals surface area contributed by atoms with Crippen LogP contribution in [-0.4, -0.2) is 64.8 Å². The SMILES string of the molecule is Cc1cc(=O)[nH]c(=O)n1[C@@H]1OC([C@@H](C)OP(=O)(O)OP(=O)(O)OP(=O)(O)O)[C@H](O)C1(N)C#CCF. The Morgan fingerprint density at radius 3 is 2.37 bits per heavy atom. The Bertz CT molecular complexity index is 1280. The first-order valence-electron chi connectivity index (χ1n) is 9.15. The standard InChI is InChI=1S/C14H21FN3O14P3/c1-7-6-9(19)17-13(21)18(7)12-14(16,4-3-5-15)11(20)10(29-12)8(2)30-34(25,26)32-35(27,28)31-33(22,23)24/h6,8,10-12,20H,5,16H2,1-2H3,(H,25,26)(H,27,28)(H,17,19,21)(H2,22,23,24)/t8-,10?,11+,12-,14?/m1/s1. The quantitative estimate of drug-likeness (QED) is 0.139. The van der Waals surface area contributed by atoms with Crippen LogP contribution in [0.3, 0.4) is 0 Å². The summed E-state index contributed by atoms with van der Waals surface area (Å²) in [4.78, 5) is 62.0. The number of aliphatic hydroxyl groups excluding tert-OH is 1. The third-order valence-electron chi connectivity index (χ3n) is 4.45. The highest BCUT2D eigenvalue weighted by Gasteiger charge is 2.57. The van der Waals surface area contributed by atoms with Gasteiger partial charge in [-0.05, 0) is 13.8 Å². The zero-order chi connectivity index (χ0) is 27.0. The summed E-state index contributed by atoms with van der Waals surface area (Å²) in [5.74, 6) is 4.18. The van der Waals surface area contributed by atoms with E-state index < -0.39 is 71.5 Å². The van der Waals surface area contributed by atoms with E-state index in [2.05, 4.69) is 19.1 Å². The molecule has 0 bridgehead atoms. The van der Waals surface area contributed by atoms with E-state index in [1.807, 2.05) is 10.9 Å². The third-order valence-corrected chi connectivity index (χ3v) is 8.37. The molecule has 2 rings (SSSR count). The summed E-state index contributed by atoms with van der Waals surface area (Å²) >= 11 is 0. The molecule has 0 aliphatic carbocycles. The summed E-state index contributed by atoms with van der Waals surface area (Å²) in [6.07, 6.45) is -7.17. The molecular weight excluding hydrogens is 546 g/mol. The molecule has 1 saturated heterocycles. The summed E-state index contributed by atoms with van der Waals surface area (Å²) in [6, 6.07) is 0.975. The number of aromatic nitrogens is 2. The zero-order valence-corrected chi connectivity index (χ0v) is 20.4. The number of phosphoric ester groups is 1. The second kappa shape index (κ2) is 10.4. The highest BCUT2D eigenvalue weighted by atomic mass is 31.3. The number of aliphatic hydroxyl groups is 1. The highest BCUT2D eigenvalue weighted by Crippen LogP contribution is 2.66. The molecule has 0 spiro atoms. The Hall–Kier alpha value is -1.54. The van der Waals surface area contributed by atoms with Crippen LogP contribution in [0.25, 0.3) is 0 Å². The third kappa shape index (κ3) is 7.25. The molecule has 17 nitrogen and oxygen atoms in total. The van der Waals surface area contributed by atoms with Crippen LogP contribution in [0.2, 0.25) is 0 Å². The van der Waals surface area contributed by atoms with E-state index >= 15 is 0 Å². The van der Waals surface area contributed by atoms with E-state index in [9.17, 15) is 42.6 Å². The number of halogens is 1. The van der Waals surface area contributed by atoms with Crippen molar-refractivity contribution in [3.63, 3.8) is 0 Å². The molecule has 1 fully saturated rings. The molecule has 0 amide bonds. The maximum Gasteiger partial charge on any atom is 0.490 e. The van der Waals surface area contributed by atoms with Gasteiger partial charge in [-0.15, -0.1) is 0 Å². The van der Waals surface area contributed by atoms with Crippen LogP contribution in [0.15, 0.2) is 15.7 Å².